The van der Waals surface area contributed by atoms with E-state index < -0.39 is 5.82 Å². The van der Waals surface area contributed by atoms with Crippen LogP contribution in [0.15, 0.2) is 64.2 Å². The topological polar surface area (TPSA) is 62.5 Å². The number of rotatable bonds is 6. The highest BCUT2D eigenvalue weighted by Gasteiger charge is 2.27. The van der Waals surface area contributed by atoms with E-state index in [-0.39, 0.29) is 27.8 Å². The molecule has 1 aliphatic heterocycles. The summed E-state index contributed by atoms with van der Waals surface area (Å²) < 4.78 is 19.5. The number of benzene rings is 2. The fourth-order valence-electron chi connectivity index (χ4n) is 3.43. The van der Waals surface area contributed by atoms with Crippen molar-refractivity contribution >= 4 is 17.7 Å². The number of nitrogens with zero attached hydrogens (tertiary/aromatic N) is 4. The second-order valence-corrected chi connectivity index (χ2v) is 8.49. The highest BCUT2D eigenvalue weighted by atomic mass is 32.2. The van der Waals surface area contributed by atoms with Crippen LogP contribution in [0.5, 0.6) is 0 Å². The molecule has 0 radical (unpaired) electrons. The van der Waals surface area contributed by atoms with Crippen LogP contribution >= 0.6 is 11.8 Å². The number of hydrogen-bond donors (Lipinski definition) is 0. The van der Waals surface area contributed by atoms with Gasteiger partial charge in [-0.3, -0.25) is 9.69 Å². The number of halogens is 1. The van der Waals surface area contributed by atoms with E-state index in [2.05, 4.69) is 27.2 Å². The molecule has 2 heterocycles. The van der Waals surface area contributed by atoms with Gasteiger partial charge in [-0.05, 0) is 24.6 Å². The van der Waals surface area contributed by atoms with E-state index >= 15 is 0 Å². The molecule has 1 amide bonds. The second kappa shape index (κ2) is 9.40. The molecule has 8 heteroatoms. The zero-order valence-electron chi connectivity index (χ0n) is 16.7. The van der Waals surface area contributed by atoms with Crippen LogP contribution in [0.25, 0.3) is 11.5 Å². The Kier molecular flexibility index (Phi) is 6.44. The van der Waals surface area contributed by atoms with Gasteiger partial charge in [0.15, 0.2) is 0 Å². The standard InChI is InChI=1S/C22H23FN4O2S/c1-16(30-22-25-24-20(29-22)18-9-5-6-10-19(18)23)21(28)27-13-11-26(12-14-27)15-17-7-3-2-4-8-17/h2-10,16H,11-15H2,1H3. The third kappa shape index (κ3) is 4.88. The summed E-state index contributed by atoms with van der Waals surface area (Å²) in [5.41, 5.74) is 1.54. The Balaban J connectivity index is 1.30. The van der Waals surface area contributed by atoms with Crippen molar-refractivity contribution in [3.63, 3.8) is 0 Å². The molecule has 156 valence electrons. The maximum atomic E-state index is 13.9. The van der Waals surface area contributed by atoms with Crippen molar-refractivity contribution in [1.82, 2.24) is 20.0 Å². The van der Waals surface area contributed by atoms with Crippen LogP contribution in [0, 0.1) is 5.82 Å². The van der Waals surface area contributed by atoms with Gasteiger partial charge in [-0.2, -0.15) is 0 Å². The largest absolute Gasteiger partial charge is 0.411 e. The summed E-state index contributed by atoms with van der Waals surface area (Å²) in [4.78, 5) is 17.1. The van der Waals surface area contributed by atoms with Crippen molar-refractivity contribution in [2.75, 3.05) is 26.2 Å². The average Bonchev–Trinajstić information content (AvgIpc) is 3.23. The minimum atomic E-state index is -0.421. The zero-order valence-corrected chi connectivity index (χ0v) is 17.5. The van der Waals surface area contributed by atoms with Crippen molar-refractivity contribution in [2.24, 2.45) is 0 Å². The lowest BCUT2D eigenvalue weighted by Crippen LogP contribution is -2.50. The predicted octanol–water partition coefficient (Wildman–Crippen LogP) is 3.70. The molecule has 0 saturated carbocycles. The van der Waals surface area contributed by atoms with Crippen molar-refractivity contribution in [1.29, 1.82) is 0 Å². The van der Waals surface area contributed by atoms with E-state index in [4.69, 9.17) is 4.42 Å². The average molecular weight is 427 g/mol. The first-order valence-electron chi connectivity index (χ1n) is 9.90. The Morgan fingerprint density at radius 3 is 2.50 bits per heavy atom. The number of hydrogen-bond acceptors (Lipinski definition) is 6. The molecular weight excluding hydrogens is 403 g/mol. The third-order valence-corrected chi connectivity index (χ3v) is 5.99. The molecule has 1 aromatic heterocycles. The highest BCUT2D eigenvalue weighted by molar-refractivity contribution is 8.00. The van der Waals surface area contributed by atoms with Crippen molar-refractivity contribution in [3.8, 4) is 11.5 Å². The van der Waals surface area contributed by atoms with Crippen LogP contribution in [0.4, 0.5) is 4.39 Å². The van der Waals surface area contributed by atoms with Gasteiger partial charge in [0.1, 0.15) is 5.82 Å². The number of thioether (sulfide) groups is 1. The third-order valence-electron chi connectivity index (χ3n) is 5.07. The van der Waals surface area contributed by atoms with Gasteiger partial charge in [0.25, 0.3) is 11.1 Å². The van der Waals surface area contributed by atoms with Crippen molar-refractivity contribution in [3.05, 3.63) is 66.0 Å². The van der Waals surface area contributed by atoms with Crippen molar-refractivity contribution in [2.45, 2.75) is 23.9 Å². The molecule has 1 unspecified atom stereocenters. The van der Waals surface area contributed by atoms with E-state index in [0.717, 1.165) is 19.6 Å². The maximum Gasteiger partial charge on any atom is 0.277 e. The lowest BCUT2D eigenvalue weighted by atomic mass is 10.2. The molecule has 0 aliphatic carbocycles. The van der Waals surface area contributed by atoms with E-state index in [9.17, 15) is 9.18 Å². The number of carbonyl (C=O) groups excluding carboxylic acids is 1. The van der Waals surface area contributed by atoms with Gasteiger partial charge in [0.2, 0.25) is 5.91 Å². The predicted molar refractivity (Wildman–Crippen MR) is 113 cm³/mol. The molecular formula is C22H23FN4O2S. The fraction of sp³-hybridized carbons (Fsp3) is 0.318. The van der Waals surface area contributed by atoms with Crippen LogP contribution in [0.3, 0.4) is 0 Å². The molecule has 1 atom stereocenters. The van der Waals surface area contributed by atoms with Crippen molar-refractivity contribution < 1.29 is 13.6 Å². The lowest BCUT2D eigenvalue weighted by Gasteiger charge is -2.35. The summed E-state index contributed by atoms with van der Waals surface area (Å²) in [6.45, 7) is 5.80. The molecule has 30 heavy (non-hydrogen) atoms. The van der Waals surface area contributed by atoms with E-state index in [1.54, 1.807) is 18.2 Å². The molecule has 6 nitrogen and oxygen atoms in total. The Morgan fingerprint density at radius 1 is 1.07 bits per heavy atom. The summed E-state index contributed by atoms with van der Waals surface area (Å²) >= 11 is 1.20. The normalized spacial score (nSPS) is 15.9. The monoisotopic (exact) mass is 426 g/mol. The smallest absolute Gasteiger partial charge is 0.277 e. The minimum absolute atomic E-state index is 0.0463. The summed E-state index contributed by atoms with van der Waals surface area (Å²) in [6, 6.07) is 16.6. The van der Waals surface area contributed by atoms with Crippen LogP contribution in [0.2, 0.25) is 0 Å². The first kappa shape index (κ1) is 20.6. The Morgan fingerprint density at radius 2 is 1.77 bits per heavy atom. The second-order valence-electron chi connectivity index (χ2n) is 7.20. The SMILES string of the molecule is CC(Sc1nnc(-c2ccccc2F)o1)C(=O)N1CCN(Cc2ccccc2)CC1. The Labute approximate surface area is 179 Å². The molecule has 0 N–H and O–H groups in total. The van der Waals surface area contributed by atoms with Gasteiger partial charge in [0.05, 0.1) is 10.8 Å². The summed E-state index contributed by atoms with van der Waals surface area (Å²) in [5.74, 6) is -0.259. The first-order chi connectivity index (χ1) is 14.6. The minimum Gasteiger partial charge on any atom is -0.411 e. The maximum absolute atomic E-state index is 13.9. The number of amides is 1. The molecule has 1 aliphatic rings. The first-order valence-corrected chi connectivity index (χ1v) is 10.8. The molecule has 4 rings (SSSR count). The molecule has 1 fully saturated rings. The molecule has 0 spiro atoms. The van der Waals surface area contributed by atoms with Crippen LogP contribution < -0.4 is 0 Å². The van der Waals surface area contributed by atoms with Gasteiger partial charge in [0, 0.05) is 32.7 Å². The quantitative estimate of drug-likeness (QED) is 0.560. The van der Waals surface area contributed by atoms with Gasteiger partial charge < -0.3 is 9.32 Å². The zero-order chi connectivity index (χ0) is 20.9. The summed E-state index contributed by atoms with van der Waals surface area (Å²) in [7, 11) is 0. The molecule has 2 aromatic carbocycles. The number of carbonyl (C=O) groups is 1. The Hall–Kier alpha value is -2.71. The van der Waals surface area contributed by atoms with E-state index in [1.165, 1.54) is 23.4 Å². The van der Waals surface area contributed by atoms with Crippen LogP contribution in [-0.4, -0.2) is 57.3 Å². The van der Waals surface area contributed by atoms with Gasteiger partial charge in [-0.1, -0.05) is 54.2 Å². The van der Waals surface area contributed by atoms with E-state index in [1.807, 2.05) is 30.0 Å². The number of piperazine rings is 1. The molecule has 0 bridgehead atoms. The molecule has 3 aromatic rings. The fourth-order valence-corrected chi connectivity index (χ4v) is 4.19. The summed E-state index contributed by atoms with van der Waals surface area (Å²) in [5, 5.41) is 7.77. The number of aromatic nitrogens is 2. The molecule has 1 saturated heterocycles. The van der Waals surface area contributed by atoms with Crippen LogP contribution in [0.1, 0.15) is 12.5 Å². The van der Waals surface area contributed by atoms with Crippen LogP contribution in [-0.2, 0) is 11.3 Å². The highest BCUT2D eigenvalue weighted by Crippen LogP contribution is 2.28. The Bertz CT molecular complexity index is 990. The van der Waals surface area contributed by atoms with E-state index in [0.29, 0.717) is 13.1 Å². The lowest BCUT2D eigenvalue weighted by molar-refractivity contribution is -0.132. The van der Waals surface area contributed by atoms with Gasteiger partial charge in [-0.25, -0.2) is 4.39 Å². The summed E-state index contributed by atoms with van der Waals surface area (Å²) in [6.07, 6.45) is 0. The van der Waals surface area contributed by atoms with Gasteiger partial charge >= 0.3 is 0 Å². The van der Waals surface area contributed by atoms with Gasteiger partial charge in [-0.15, -0.1) is 10.2 Å².